The van der Waals surface area contributed by atoms with Crippen molar-refractivity contribution in [3.8, 4) is 6.07 Å². The van der Waals surface area contributed by atoms with Crippen molar-refractivity contribution in [1.82, 2.24) is 9.78 Å². The van der Waals surface area contributed by atoms with Crippen molar-refractivity contribution in [3.05, 3.63) is 16.4 Å². The average Bonchev–Trinajstić information content (AvgIpc) is 2.50. The fraction of sp³-hybridized carbons (Fsp3) is 0.500. The summed E-state index contributed by atoms with van der Waals surface area (Å²) >= 11 is 5.55. The Balaban J connectivity index is 3.18. The summed E-state index contributed by atoms with van der Waals surface area (Å²) in [4.78, 5) is 0. The number of aryl methyl sites for hydroxylation is 1. The summed E-state index contributed by atoms with van der Waals surface area (Å²) in [7, 11) is -3.37. The molecule has 1 heterocycles. The molecule has 5 nitrogen and oxygen atoms in total. The molecule has 0 radical (unpaired) electrons. The fourth-order valence-corrected chi connectivity index (χ4v) is 1.90. The third-order valence-electron chi connectivity index (χ3n) is 1.94. The van der Waals surface area contributed by atoms with E-state index in [0.29, 0.717) is 4.68 Å². The Morgan fingerprint density at radius 3 is 2.39 bits per heavy atom. The maximum Gasteiger partial charge on any atom is 0.436 e. The van der Waals surface area contributed by atoms with Crippen molar-refractivity contribution in [2.45, 2.75) is 12.7 Å². The van der Waals surface area contributed by atoms with Crippen LogP contribution in [0.25, 0.3) is 0 Å². The highest BCUT2D eigenvalue weighted by atomic mass is 35.5. The van der Waals surface area contributed by atoms with Gasteiger partial charge in [-0.15, -0.1) is 0 Å². The molecule has 0 aromatic carbocycles. The second-order valence-electron chi connectivity index (χ2n) is 3.48. The number of hydrogen-bond donors (Lipinski definition) is 0. The molecule has 0 aliphatic carbocycles. The number of aromatic nitrogens is 2. The predicted molar refractivity (Wildman–Crippen MR) is 56.7 cm³/mol. The molecule has 0 saturated heterocycles. The normalized spacial score (nSPS) is 12.4. The standard InChI is InChI=1S/C8H7ClF3N3O2S/c1-18(16,17)3-2-15-7(9)5(4-13)6(14-15)8(10,11)12/h2-3H2,1H3. The van der Waals surface area contributed by atoms with E-state index < -0.39 is 38.2 Å². The Hall–Kier alpha value is -1.27. The molecule has 18 heavy (non-hydrogen) atoms. The van der Waals surface area contributed by atoms with Gasteiger partial charge in [-0.05, 0) is 0 Å². The first kappa shape index (κ1) is 14.8. The first-order valence-corrected chi connectivity index (χ1v) is 6.91. The lowest BCUT2D eigenvalue weighted by Crippen LogP contribution is -2.14. The summed E-state index contributed by atoms with van der Waals surface area (Å²) in [6, 6.07) is 1.30. The zero-order chi connectivity index (χ0) is 14.1. The maximum absolute atomic E-state index is 12.5. The molecule has 0 amide bonds. The summed E-state index contributed by atoms with van der Waals surface area (Å²) in [5.74, 6) is -0.420. The number of halogens is 4. The van der Waals surface area contributed by atoms with Gasteiger partial charge in [0.15, 0.2) is 5.69 Å². The van der Waals surface area contributed by atoms with E-state index in [2.05, 4.69) is 5.10 Å². The zero-order valence-electron chi connectivity index (χ0n) is 8.99. The molecule has 0 unspecified atom stereocenters. The third-order valence-corrected chi connectivity index (χ3v) is 3.25. The highest BCUT2D eigenvalue weighted by molar-refractivity contribution is 7.90. The van der Waals surface area contributed by atoms with Gasteiger partial charge in [-0.25, -0.2) is 8.42 Å². The monoisotopic (exact) mass is 301 g/mol. The van der Waals surface area contributed by atoms with Gasteiger partial charge in [0.05, 0.1) is 12.3 Å². The van der Waals surface area contributed by atoms with Gasteiger partial charge in [-0.2, -0.15) is 23.5 Å². The van der Waals surface area contributed by atoms with E-state index in [0.717, 1.165) is 6.26 Å². The molecule has 0 atom stereocenters. The Morgan fingerprint density at radius 1 is 1.50 bits per heavy atom. The summed E-state index contributed by atoms with van der Waals surface area (Å²) in [5.41, 5.74) is -2.22. The second-order valence-corrected chi connectivity index (χ2v) is 6.09. The number of alkyl halides is 3. The molecule has 1 rings (SSSR count). The van der Waals surface area contributed by atoms with E-state index >= 15 is 0 Å². The summed E-state index contributed by atoms with van der Waals surface area (Å²) in [6.45, 7) is -0.345. The molecule has 100 valence electrons. The van der Waals surface area contributed by atoms with Crippen molar-refractivity contribution in [1.29, 1.82) is 5.26 Å². The van der Waals surface area contributed by atoms with E-state index in [9.17, 15) is 21.6 Å². The van der Waals surface area contributed by atoms with Gasteiger partial charge in [0.25, 0.3) is 0 Å². The van der Waals surface area contributed by atoms with Crippen LogP contribution >= 0.6 is 11.6 Å². The van der Waals surface area contributed by atoms with Crippen molar-refractivity contribution in [3.63, 3.8) is 0 Å². The van der Waals surface area contributed by atoms with E-state index in [1.54, 1.807) is 0 Å². The topological polar surface area (TPSA) is 75.8 Å². The van der Waals surface area contributed by atoms with Crippen molar-refractivity contribution < 1.29 is 21.6 Å². The third kappa shape index (κ3) is 3.36. The molecule has 10 heteroatoms. The Labute approximate surface area is 106 Å². The molecule has 0 aliphatic rings. The minimum atomic E-state index is -4.81. The van der Waals surface area contributed by atoms with Gasteiger partial charge in [-0.1, -0.05) is 11.6 Å². The first-order chi connectivity index (χ1) is 8.06. The van der Waals surface area contributed by atoms with Crippen LogP contribution in [0.4, 0.5) is 13.2 Å². The van der Waals surface area contributed by atoms with E-state index in [1.807, 2.05) is 0 Å². The SMILES string of the molecule is CS(=O)(=O)CCn1nc(C(F)(F)F)c(C#N)c1Cl. The van der Waals surface area contributed by atoms with Crippen molar-refractivity contribution in [2.75, 3.05) is 12.0 Å². The van der Waals surface area contributed by atoms with Gasteiger partial charge in [0.1, 0.15) is 26.6 Å². The lowest BCUT2D eigenvalue weighted by Gasteiger charge is -2.02. The molecular weight excluding hydrogens is 295 g/mol. The minimum absolute atomic E-state index is 0.345. The van der Waals surface area contributed by atoms with Crippen molar-refractivity contribution in [2.24, 2.45) is 0 Å². The zero-order valence-corrected chi connectivity index (χ0v) is 10.6. The Morgan fingerprint density at radius 2 is 2.06 bits per heavy atom. The Bertz CT molecular complexity index is 600. The van der Waals surface area contributed by atoms with Gasteiger partial charge < -0.3 is 0 Å². The smallest absolute Gasteiger partial charge is 0.251 e. The average molecular weight is 302 g/mol. The molecule has 0 aliphatic heterocycles. The molecule has 1 aromatic rings. The van der Waals surface area contributed by atoms with Crippen LogP contribution in [0.3, 0.4) is 0 Å². The number of nitrogens with zero attached hydrogens (tertiary/aromatic N) is 3. The van der Waals surface area contributed by atoms with Gasteiger partial charge in [0.2, 0.25) is 0 Å². The van der Waals surface area contributed by atoms with Crippen LogP contribution in [0.5, 0.6) is 0 Å². The van der Waals surface area contributed by atoms with Crippen LogP contribution in [-0.4, -0.2) is 30.2 Å². The van der Waals surface area contributed by atoms with Crippen LogP contribution in [0.15, 0.2) is 0 Å². The fourth-order valence-electron chi connectivity index (χ4n) is 1.14. The minimum Gasteiger partial charge on any atom is -0.251 e. The summed E-state index contributed by atoms with van der Waals surface area (Å²) in [6.07, 6.45) is -3.88. The molecule has 0 bridgehead atoms. The molecule has 0 N–H and O–H groups in total. The van der Waals surface area contributed by atoms with E-state index in [-0.39, 0.29) is 6.54 Å². The van der Waals surface area contributed by atoms with Crippen LogP contribution < -0.4 is 0 Å². The van der Waals surface area contributed by atoms with Gasteiger partial charge in [0, 0.05) is 6.26 Å². The summed E-state index contributed by atoms with van der Waals surface area (Å²) < 4.78 is 60.0. The first-order valence-electron chi connectivity index (χ1n) is 4.47. The largest absolute Gasteiger partial charge is 0.436 e. The van der Waals surface area contributed by atoms with Crippen LogP contribution in [0.1, 0.15) is 11.3 Å². The number of sulfone groups is 1. The summed E-state index contributed by atoms with van der Waals surface area (Å²) in [5, 5.41) is 11.2. The predicted octanol–water partition coefficient (Wildman–Crippen LogP) is 1.47. The maximum atomic E-state index is 12.5. The molecule has 0 saturated carbocycles. The quantitative estimate of drug-likeness (QED) is 0.847. The number of rotatable bonds is 3. The molecule has 1 aromatic heterocycles. The number of nitriles is 1. The van der Waals surface area contributed by atoms with Gasteiger partial charge >= 0.3 is 6.18 Å². The van der Waals surface area contributed by atoms with E-state index in [4.69, 9.17) is 16.9 Å². The Kier molecular flexibility index (Phi) is 3.92. The second kappa shape index (κ2) is 4.78. The van der Waals surface area contributed by atoms with Crippen LogP contribution in [0.2, 0.25) is 5.15 Å². The lowest BCUT2D eigenvalue weighted by molar-refractivity contribution is -0.141. The lowest BCUT2D eigenvalue weighted by atomic mass is 10.2. The molecular formula is C8H7ClF3N3O2S. The van der Waals surface area contributed by atoms with Crippen LogP contribution in [0, 0.1) is 11.3 Å². The van der Waals surface area contributed by atoms with Crippen LogP contribution in [-0.2, 0) is 22.6 Å². The highest BCUT2D eigenvalue weighted by Gasteiger charge is 2.39. The van der Waals surface area contributed by atoms with E-state index in [1.165, 1.54) is 6.07 Å². The number of hydrogen-bond acceptors (Lipinski definition) is 4. The highest BCUT2D eigenvalue weighted by Crippen LogP contribution is 2.33. The molecule has 0 spiro atoms. The van der Waals surface area contributed by atoms with Crippen molar-refractivity contribution >= 4 is 21.4 Å². The molecule has 0 fully saturated rings. The van der Waals surface area contributed by atoms with Gasteiger partial charge in [-0.3, -0.25) is 4.68 Å².